The van der Waals surface area contributed by atoms with Gasteiger partial charge < -0.3 is 9.80 Å². The van der Waals surface area contributed by atoms with Gasteiger partial charge in [0.1, 0.15) is 0 Å². The van der Waals surface area contributed by atoms with Crippen molar-refractivity contribution in [3.8, 4) is 0 Å². The third-order valence-corrected chi connectivity index (χ3v) is 3.20. The molecule has 0 aromatic heterocycles. The van der Waals surface area contributed by atoms with E-state index in [4.69, 9.17) is 11.6 Å². The van der Waals surface area contributed by atoms with Gasteiger partial charge in [-0.3, -0.25) is 4.79 Å². The molecule has 0 spiro atoms. The third-order valence-electron chi connectivity index (χ3n) is 2.97. The van der Waals surface area contributed by atoms with Gasteiger partial charge >= 0.3 is 0 Å². The molecule has 0 atom stereocenters. The van der Waals surface area contributed by atoms with Gasteiger partial charge in [-0.2, -0.15) is 0 Å². The lowest BCUT2D eigenvalue weighted by Gasteiger charge is -2.34. The number of likely N-dealkylation sites (N-methyl/N-ethyl adjacent to an activating group) is 1. The predicted octanol–water partition coefficient (Wildman–Crippen LogP) is 1.93. The molecule has 0 aliphatic carbocycles. The van der Waals surface area contributed by atoms with Crippen LogP contribution in [0.3, 0.4) is 0 Å². The van der Waals surface area contributed by atoms with E-state index < -0.39 is 0 Å². The first kappa shape index (κ1) is 11.3. The molecule has 0 saturated carbocycles. The monoisotopic (exact) mass is 238 g/mol. The average molecular weight is 239 g/mol. The number of carbonyl (C=O) groups is 1. The summed E-state index contributed by atoms with van der Waals surface area (Å²) in [6.45, 7) is 4.11. The maximum atomic E-state index is 11.6. The van der Waals surface area contributed by atoms with Gasteiger partial charge in [-0.25, -0.2) is 0 Å². The fraction of sp³-hybridized carbons (Fsp3) is 0.417. The van der Waals surface area contributed by atoms with Crippen LogP contribution in [0.15, 0.2) is 18.2 Å². The minimum atomic E-state index is 0.158. The van der Waals surface area contributed by atoms with Crippen LogP contribution >= 0.6 is 11.6 Å². The standard InChI is InChI=1S/C12H15ClN2O/c1-9-3-4-10(13)7-11(9)15-6-5-14(2)12(16)8-15/h3-4,7H,5-6,8H2,1-2H3. The molecule has 0 bridgehead atoms. The number of amides is 1. The van der Waals surface area contributed by atoms with Gasteiger partial charge in [0.15, 0.2) is 0 Å². The highest BCUT2D eigenvalue weighted by Gasteiger charge is 2.22. The van der Waals surface area contributed by atoms with Gasteiger partial charge in [-0.05, 0) is 24.6 Å². The average Bonchev–Trinajstić information content (AvgIpc) is 2.26. The molecule has 16 heavy (non-hydrogen) atoms. The first-order valence-corrected chi connectivity index (χ1v) is 5.71. The zero-order chi connectivity index (χ0) is 11.7. The summed E-state index contributed by atoms with van der Waals surface area (Å²) in [6, 6.07) is 5.79. The maximum absolute atomic E-state index is 11.6. The molecule has 1 saturated heterocycles. The lowest BCUT2D eigenvalue weighted by Crippen LogP contribution is -2.48. The number of aryl methyl sites for hydroxylation is 1. The van der Waals surface area contributed by atoms with E-state index in [1.165, 1.54) is 0 Å². The Balaban J connectivity index is 2.24. The van der Waals surface area contributed by atoms with Gasteiger partial charge in [-0.15, -0.1) is 0 Å². The lowest BCUT2D eigenvalue weighted by molar-refractivity contribution is -0.129. The van der Waals surface area contributed by atoms with Gasteiger partial charge in [0.05, 0.1) is 6.54 Å². The van der Waals surface area contributed by atoms with Crippen LogP contribution in [0.1, 0.15) is 5.56 Å². The quantitative estimate of drug-likeness (QED) is 0.747. The van der Waals surface area contributed by atoms with E-state index in [-0.39, 0.29) is 5.91 Å². The van der Waals surface area contributed by atoms with Crippen molar-refractivity contribution in [1.82, 2.24) is 4.90 Å². The zero-order valence-electron chi connectivity index (χ0n) is 9.53. The second-order valence-corrected chi connectivity index (χ2v) is 4.60. The molecule has 1 heterocycles. The van der Waals surface area contributed by atoms with Crippen LogP contribution in [0, 0.1) is 6.92 Å². The molecule has 3 nitrogen and oxygen atoms in total. The van der Waals surface area contributed by atoms with Crippen LogP contribution in [0.2, 0.25) is 5.02 Å². The Labute approximate surface area is 101 Å². The van der Waals surface area contributed by atoms with Gasteiger partial charge in [0.2, 0.25) is 5.91 Å². The normalized spacial score (nSPS) is 16.8. The molecule has 1 fully saturated rings. The van der Waals surface area contributed by atoms with Gasteiger partial charge in [-0.1, -0.05) is 17.7 Å². The highest BCUT2D eigenvalue weighted by molar-refractivity contribution is 6.30. The first-order valence-electron chi connectivity index (χ1n) is 5.33. The third kappa shape index (κ3) is 2.14. The Bertz CT molecular complexity index is 419. The minimum Gasteiger partial charge on any atom is -0.360 e. The van der Waals surface area contributed by atoms with Crippen LogP contribution in [-0.2, 0) is 4.79 Å². The zero-order valence-corrected chi connectivity index (χ0v) is 10.3. The van der Waals surface area contributed by atoms with E-state index in [2.05, 4.69) is 4.90 Å². The summed E-state index contributed by atoms with van der Waals surface area (Å²) in [5.74, 6) is 0.158. The fourth-order valence-corrected chi connectivity index (χ4v) is 2.05. The number of piperazine rings is 1. The van der Waals surface area contributed by atoms with Crippen molar-refractivity contribution >= 4 is 23.2 Å². The summed E-state index contributed by atoms with van der Waals surface area (Å²) in [7, 11) is 1.84. The number of anilines is 1. The van der Waals surface area contributed by atoms with Crippen LogP contribution in [-0.4, -0.2) is 37.5 Å². The summed E-state index contributed by atoms with van der Waals surface area (Å²) in [4.78, 5) is 15.5. The predicted molar refractivity (Wildman–Crippen MR) is 66.0 cm³/mol. The molecule has 1 aliphatic heterocycles. The molecule has 1 aromatic carbocycles. The minimum absolute atomic E-state index is 0.158. The van der Waals surface area contributed by atoms with Crippen molar-refractivity contribution in [1.29, 1.82) is 0 Å². The number of hydrogen-bond donors (Lipinski definition) is 0. The number of halogens is 1. The second-order valence-electron chi connectivity index (χ2n) is 4.17. The van der Waals surface area contributed by atoms with Crippen molar-refractivity contribution in [3.05, 3.63) is 28.8 Å². The van der Waals surface area contributed by atoms with Crippen LogP contribution in [0.4, 0.5) is 5.69 Å². The van der Waals surface area contributed by atoms with E-state index >= 15 is 0 Å². The van der Waals surface area contributed by atoms with E-state index in [0.717, 1.165) is 24.3 Å². The maximum Gasteiger partial charge on any atom is 0.241 e. The van der Waals surface area contributed by atoms with Crippen LogP contribution < -0.4 is 4.90 Å². The Morgan fingerprint density at radius 1 is 1.31 bits per heavy atom. The Morgan fingerprint density at radius 3 is 2.75 bits per heavy atom. The molecule has 1 amide bonds. The molecule has 0 radical (unpaired) electrons. The summed E-state index contributed by atoms with van der Waals surface area (Å²) >= 11 is 5.98. The molecule has 1 aromatic rings. The van der Waals surface area contributed by atoms with E-state index in [1.54, 1.807) is 4.90 Å². The van der Waals surface area contributed by atoms with E-state index in [9.17, 15) is 4.79 Å². The molecular formula is C12H15ClN2O. The Morgan fingerprint density at radius 2 is 2.06 bits per heavy atom. The van der Waals surface area contributed by atoms with Crippen LogP contribution in [0.5, 0.6) is 0 Å². The number of benzene rings is 1. The second kappa shape index (κ2) is 4.34. The van der Waals surface area contributed by atoms with Gasteiger partial charge in [0, 0.05) is 30.8 Å². The molecule has 86 valence electrons. The fourth-order valence-electron chi connectivity index (χ4n) is 1.89. The van der Waals surface area contributed by atoms with Crippen LogP contribution in [0.25, 0.3) is 0 Å². The van der Waals surface area contributed by atoms with Crippen molar-refractivity contribution in [2.75, 3.05) is 31.6 Å². The summed E-state index contributed by atoms with van der Waals surface area (Å²) in [5, 5.41) is 0.715. The smallest absolute Gasteiger partial charge is 0.241 e. The largest absolute Gasteiger partial charge is 0.360 e. The van der Waals surface area contributed by atoms with Crippen molar-refractivity contribution in [3.63, 3.8) is 0 Å². The van der Waals surface area contributed by atoms with E-state index in [1.807, 2.05) is 32.2 Å². The molecule has 1 aliphatic rings. The molecular weight excluding hydrogens is 224 g/mol. The molecule has 2 rings (SSSR count). The molecule has 0 N–H and O–H groups in total. The topological polar surface area (TPSA) is 23.6 Å². The van der Waals surface area contributed by atoms with E-state index in [0.29, 0.717) is 11.6 Å². The van der Waals surface area contributed by atoms with Gasteiger partial charge in [0.25, 0.3) is 0 Å². The summed E-state index contributed by atoms with van der Waals surface area (Å²) in [6.07, 6.45) is 0. The van der Waals surface area contributed by atoms with Crippen molar-refractivity contribution in [2.45, 2.75) is 6.92 Å². The molecule has 4 heteroatoms. The molecule has 0 unspecified atom stereocenters. The SMILES string of the molecule is Cc1ccc(Cl)cc1N1CCN(C)C(=O)C1. The Kier molecular flexibility index (Phi) is 3.06. The highest BCUT2D eigenvalue weighted by atomic mass is 35.5. The van der Waals surface area contributed by atoms with Crippen molar-refractivity contribution < 1.29 is 4.79 Å². The number of rotatable bonds is 1. The first-order chi connectivity index (χ1) is 7.58. The van der Waals surface area contributed by atoms with Crippen molar-refractivity contribution in [2.24, 2.45) is 0 Å². The Hall–Kier alpha value is -1.22. The number of hydrogen-bond acceptors (Lipinski definition) is 2. The number of nitrogens with zero attached hydrogens (tertiary/aromatic N) is 2. The lowest BCUT2D eigenvalue weighted by atomic mass is 10.1. The summed E-state index contributed by atoms with van der Waals surface area (Å²) in [5.41, 5.74) is 2.22. The summed E-state index contributed by atoms with van der Waals surface area (Å²) < 4.78 is 0. The number of carbonyl (C=O) groups excluding carboxylic acids is 1. The highest BCUT2D eigenvalue weighted by Crippen LogP contribution is 2.25.